The van der Waals surface area contributed by atoms with Crippen LogP contribution in [0, 0.1) is 5.92 Å². The monoisotopic (exact) mass is 524 g/mol. The fourth-order valence-electron chi connectivity index (χ4n) is 5.86. The van der Waals surface area contributed by atoms with Gasteiger partial charge in [0.05, 0.1) is 26.2 Å². The summed E-state index contributed by atoms with van der Waals surface area (Å²) in [5, 5.41) is 19.9. The van der Waals surface area contributed by atoms with Crippen LogP contribution in [0.15, 0.2) is 42.5 Å². The van der Waals surface area contributed by atoms with E-state index in [2.05, 4.69) is 17.9 Å². The SMILES string of the molecule is CCCCN(CCCO)C(=O)CN1C[C@H](c2ccc3c(c2)CCO3)C(C(=O)O)[C@@H]1Cc1ccccc1OC. The molecule has 0 bridgehead atoms. The number of hydrogen-bond donors (Lipinski definition) is 2. The second-order valence-electron chi connectivity index (χ2n) is 10.3. The molecule has 2 aromatic rings. The minimum Gasteiger partial charge on any atom is -0.496 e. The zero-order chi connectivity index (χ0) is 27.1. The van der Waals surface area contributed by atoms with Crippen molar-refractivity contribution in [1.82, 2.24) is 9.80 Å². The number of aliphatic hydroxyl groups is 1. The molecule has 1 saturated heterocycles. The third kappa shape index (κ3) is 6.30. The zero-order valence-electron chi connectivity index (χ0n) is 22.5. The third-order valence-electron chi connectivity index (χ3n) is 7.86. The summed E-state index contributed by atoms with van der Waals surface area (Å²) in [6.45, 7) is 4.51. The van der Waals surface area contributed by atoms with Crippen LogP contribution in [0.4, 0.5) is 0 Å². The molecule has 0 aliphatic carbocycles. The number of unbranched alkanes of at least 4 members (excludes halogenated alkanes) is 1. The van der Waals surface area contributed by atoms with Gasteiger partial charge in [0.1, 0.15) is 11.5 Å². The maximum atomic E-state index is 13.5. The Morgan fingerprint density at radius 3 is 2.68 bits per heavy atom. The van der Waals surface area contributed by atoms with Gasteiger partial charge < -0.3 is 24.6 Å². The number of likely N-dealkylation sites (tertiary alicyclic amines) is 1. The quantitative estimate of drug-likeness (QED) is 0.415. The first-order valence-electron chi connectivity index (χ1n) is 13.7. The van der Waals surface area contributed by atoms with Crippen LogP contribution in [0.3, 0.4) is 0 Å². The van der Waals surface area contributed by atoms with Gasteiger partial charge in [-0.05, 0) is 48.1 Å². The first-order chi connectivity index (χ1) is 18.5. The van der Waals surface area contributed by atoms with E-state index in [4.69, 9.17) is 9.47 Å². The summed E-state index contributed by atoms with van der Waals surface area (Å²) >= 11 is 0. The molecule has 2 N–H and O–H groups in total. The minimum atomic E-state index is -0.857. The van der Waals surface area contributed by atoms with Crippen LogP contribution in [-0.4, -0.2) is 84.4 Å². The molecule has 0 radical (unpaired) electrons. The standard InChI is InChI=1S/C30H40N2O6/c1-3-4-13-31(14-7-15-33)28(34)20-32-19-24(21-10-11-27-23(17-21)12-16-38-27)29(30(35)36)25(32)18-22-8-5-6-9-26(22)37-2/h5-6,8-11,17,24-25,29,33H,3-4,7,12-16,18-20H2,1-2H3,(H,35,36)/t24-,25+,29?/m1/s1. The summed E-state index contributed by atoms with van der Waals surface area (Å²) in [5.41, 5.74) is 3.01. The second kappa shape index (κ2) is 13.1. The highest BCUT2D eigenvalue weighted by Crippen LogP contribution is 2.41. The summed E-state index contributed by atoms with van der Waals surface area (Å²) in [5.74, 6) is -0.240. The van der Waals surface area contributed by atoms with Gasteiger partial charge in [-0.3, -0.25) is 14.5 Å². The van der Waals surface area contributed by atoms with Gasteiger partial charge in [0.2, 0.25) is 5.91 Å². The number of benzene rings is 2. The Bertz CT molecular complexity index is 1100. The van der Waals surface area contributed by atoms with Crippen molar-refractivity contribution < 1.29 is 29.3 Å². The highest BCUT2D eigenvalue weighted by Gasteiger charge is 2.47. The van der Waals surface area contributed by atoms with Crippen molar-refractivity contribution in [1.29, 1.82) is 0 Å². The number of aliphatic carboxylic acids is 1. The number of aliphatic hydroxyl groups excluding tert-OH is 1. The first kappa shape index (κ1) is 27.9. The summed E-state index contributed by atoms with van der Waals surface area (Å²) in [4.78, 5) is 30.2. The topological polar surface area (TPSA) is 99.5 Å². The predicted molar refractivity (Wildman–Crippen MR) is 145 cm³/mol. The number of carbonyl (C=O) groups excluding carboxylic acids is 1. The molecule has 2 aliphatic heterocycles. The van der Waals surface area contributed by atoms with Crippen molar-refractivity contribution in [2.24, 2.45) is 5.92 Å². The highest BCUT2D eigenvalue weighted by molar-refractivity contribution is 5.79. The molecule has 0 spiro atoms. The molecule has 2 aromatic carbocycles. The smallest absolute Gasteiger partial charge is 0.308 e. The number of rotatable bonds is 13. The lowest BCUT2D eigenvalue weighted by atomic mass is 9.82. The third-order valence-corrected chi connectivity index (χ3v) is 7.86. The van der Waals surface area contributed by atoms with Crippen molar-refractivity contribution in [2.45, 2.75) is 51.0 Å². The summed E-state index contributed by atoms with van der Waals surface area (Å²) in [7, 11) is 1.62. The van der Waals surface area contributed by atoms with Crippen molar-refractivity contribution in [2.75, 3.05) is 46.5 Å². The number of amides is 1. The number of nitrogens with zero attached hydrogens (tertiary/aromatic N) is 2. The Labute approximate surface area is 225 Å². The van der Waals surface area contributed by atoms with E-state index < -0.39 is 11.9 Å². The maximum Gasteiger partial charge on any atom is 0.308 e. The molecule has 3 atom stereocenters. The van der Waals surface area contributed by atoms with Gasteiger partial charge >= 0.3 is 5.97 Å². The van der Waals surface area contributed by atoms with E-state index >= 15 is 0 Å². The van der Waals surface area contributed by atoms with Gasteiger partial charge in [0.15, 0.2) is 0 Å². The van der Waals surface area contributed by atoms with Gasteiger partial charge in [-0.25, -0.2) is 0 Å². The molecular formula is C30H40N2O6. The number of carbonyl (C=O) groups is 2. The molecule has 0 aromatic heterocycles. The maximum absolute atomic E-state index is 13.5. The van der Waals surface area contributed by atoms with Gasteiger partial charge in [-0.1, -0.05) is 43.7 Å². The number of hydrogen-bond acceptors (Lipinski definition) is 6. The van der Waals surface area contributed by atoms with Crippen LogP contribution >= 0.6 is 0 Å². The van der Waals surface area contributed by atoms with Crippen molar-refractivity contribution in [3.05, 3.63) is 59.2 Å². The lowest BCUT2D eigenvalue weighted by Crippen LogP contribution is -2.45. The fraction of sp³-hybridized carbons (Fsp3) is 0.533. The molecule has 4 rings (SSSR count). The van der Waals surface area contributed by atoms with Crippen LogP contribution in [0.1, 0.15) is 48.8 Å². The average Bonchev–Trinajstić information content (AvgIpc) is 3.53. The Hall–Kier alpha value is -3.10. The largest absolute Gasteiger partial charge is 0.496 e. The van der Waals surface area contributed by atoms with E-state index in [0.717, 1.165) is 41.7 Å². The second-order valence-corrected chi connectivity index (χ2v) is 10.3. The molecule has 8 nitrogen and oxygen atoms in total. The number of methoxy groups -OCH3 is 1. The zero-order valence-corrected chi connectivity index (χ0v) is 22.5. The summed E-state index contributed by atoms with van der Waals surface area (Å²) in [6, 6.07) is 13.3. The molecule has 0 saturated carbocycles. The molecule has 2 aliphatic rings. The number of para-hydroxylation sites is 1. The van der Waals surface area contributed by atoms with E-state index in [9.17, 15) is 19.8 Å². The van der Waals surface area contributed by atoms with Gasteiger partial charge in [-0.2, -0.15) is 0 Å². The Balaban J connectivity index is 1.66. The van der Waals surface area contributed by atoms with Crippen LogP contribution < -0.4 is 9.47 Å². The predicted octanol–water partition coefficient (Wildman–Crippen LogP) is 3.35. The molecule has 1 unspecified atom stereocenters. The molecule has 1 amide bonds. The van der Waals surface area contributed by atoms with Crippen LogP contribution in [0.2, 0.25) is 0 Å². The molecular weight excluding hydrogens is 484 g/mol. The van der Waals surface area contributed by atoms with Gasteiger partial charge in [0.25, 0.3) is 0 Å². The molecule has 2 heterocycles. The van der Waals surface area contributed by atoms with Crippen molar-refractivity contribution in [3.63, 3.8) is 0 Å². The summed E-state index contributed by atoms with van der Waals surface area (Å²) in [6.07, 6.45) is 3.66. The Kier molecular flexibility index (Phi) is 9.63. The van der Waals surface area contributed by atoms with E-state index in [1.807, 2.05) is 41.3 Å². The Morgan fingerprint density at radius 1 is 1.16 bits per heavy atom. The minimum absolute atomic E-state index is 0.0240. The molecule has 1 fully saturated rings. The summed E-state index contributed by atoms with van der Waals surface area (Å²) < 4.78 is 11.2. The fourth-order valence-corrected chi connectivity index (χ4v) is 5.86. The lowest BCUT2D eigenvalue weighted by molar-refractivity contribution is -0.143. The molecule has 206 valence electrons. The lowest BCUT2D eigenvalue weighted by Gasteiger charge is -2.30. The van der Waals surface area contributed by atoms with Crippen LogP contribution in [0.25, 0.3) is 0 Å². The van der Waals surface area contributed by atoms with Gasteiger partial charge in [-0.15, -0.1) is 0 Å². The van der Waals surface area contributed by atoms with Crippen molar-refractivity contribution >= 4 is 11.9 Å². The number of carboxylic acids is 1. The number of fused-ring (bicyclic) bond motifs is 1. The first-order valence-corrected chi connectivity index (χ1v) is 13.7. The normalized spacial score (nSPS) is 20.7. The van der Waals surface area contributed by atoms with E-state index in [0.29, 0.717) is 44.8 Å². The van der Waals surface area contributed by atoms with Crippen LogP contribution in [-0.2, 0) is 22.4 Å². The highest BCUT2D eigenvalue weighted by atomic mass is 16.5. The molecule has 8 heteroatoms. The average molecular weight is 525 g/mol. The van der Waals surface area contributed by atoms with E-state index in [1.54, 1.807) is 7.11 Å². The number of carboxylic acid groups (broad SMARTS) is 1. The van der Waals surface area contributed by atoms with E-state index in [-0.39, 0.29) is 31.0 Å². The van der Waals surface area contributed by atoms with Crippen LogP contribution in [0.5, 0.6) is 11.5 Å². The Morgan fingerprint density at radius 2 is 1.95 bits per heavy atom. The van der Waals surface area contributed by atoms with Gasteiger partial charge in [0, 0.05) is 44.6 Å². The van der Waals surface area contributed by atoms with Crippen molar-refractivity contribution in [3.8, 4) is 11.5 Å². The number of ether oxygens (including phenoxy) is 2. The molecule has 38 heavy (non-hydrogen) atoms. The van der Waals surface area contributed by atoms with E-state index in [1.165, 1.54) is 0 Å².